The normalized spacial score (nSPS) is 25.9. The van der Waals surface area contributed by atoms with Gasteiger partial charge in [0.15, 0.2) is 5.65 Å². The lowest BCUT2D eigenvalue weighted by molar-refractivity contribution is 0.109. The molecule has 2 aromatic rings. The summed E-state index contributed by atoms with van der Waals surface area (Å²) in [6, 6.07) is 4.57. The number of imidazole rings is 1. The van der Waals surface area contributed by atoms with E-state index in [1.807, 2.05) is 12.3 Å². The summed E-state index contributed by atoms with van der Waals surface area (Å²) in [6.45, 7) is 2.99. The first-order chi connectivity index (χ1) is 10.4. The Labute approximate surface area is 124 Å². The second kappa shape index (κ2) is 5.73. The van der Waals surface area contributed by atoms with Gasteiger partial charge in [0.05, 0.1) is 6.10 Å². The molecule has 1 N–H and O–H groups in total. The fourth-order valence-corrected chi connectivity index (χ4v) is 3.49. The van der Waals surface area contributed by atoms with Crippen LogP contribution < -0.4 is 5.32 Å². The van der Waals surface area contributed by atoms with Crippen molar-refractivity contribution < 1.29 is 4.74 Å². The van der Waals surface area contributed by atoms with Crippen LogP contribution in [-0.4, -0.2) is 39.8 Å². The van der Waals surface area contributed by atoms with Crippen molar-refractivity contribution in [3.63, 3.8) is 0 Å². The van der Waals surface area contributed by atoms with E-state index in [4.69, 9.17) is 9.72 Å². The molecule has 0 aromatic carbocycles. The van der Waals surface area contributed by atoms with Gasteiger partial charge >= 0.3 is 0 Å². The number of pyridine rings is 1. The van der Waals surface area contributed by atoms with E-state index in [-0.39, 0.29) is 0 Å². The summed E-state index contributed by atoms with van der Waals surface area (Å²) in [5.41, 5.74) is 2.02. The van der Waals surface area contributed by atoms with E-state index in [0.717, 1.165) is 49.5 Å². The minimum atomic E-state index is 0.331. The number of rotatable bonds is 4. The lowest BCUT2D eigenvalue weighted by Crippen LogP contribution is -2.28. The number of nitrogens with zero attached hydrogens (tertiary/aromatic N) is 3. The van der Waals surface area contributed by atoms with Crippen LogP contribution in [0.3, 0.4) is 0 Å². The number of hydrogen-bond donors (Lipinski definition) is 1. The second-order valence-electron chi connectivity index (χ2n) is 6.12. The van der Waals surface area contributed by atoms with E-state index in [1.165, 1.54) is 19.3 Å². The van der Waals surface area contributed by atoms with E-state index in [9.17, 15) is 0 Å². The minimum absolute atomic E-state index is 0.331. The van der Waals surface area contributed by atoms with Gasteiger partial charge in [-0.25, -0.2) is 9.97 Å². The summed E-state index contributed by atoms with van der Waals surface area (Å²) >= 11 is 0. The summed E-state index contributed by atoms with van der Waals surface area (Å²) in [4.78, 5) is 9.36. The minimum Gasteiger partial charge on any atom is -0.378 e. The van der Waals surface area contributed by atoms with Crippen LogP contribution in [0.5, 0.6) is 0 Å². The first-order valence-electron chi connectivity index (χ1n) is 8.05. The van der Waals surface area contributed by atoms with E-state index >= 15 is 0 Å². The van der Waals surface area contributed by atoms with Gasteiger partial charge in [-0.3, -0.25) is 0 Å². The van der Waals surface area contributed by atoms with Crippen molar-refractivity contribution in [1.82, 2.24) is 19.9 Å². The summed E-state index contributed by atoms with van der Waals surface area (Å²) < 4.78 is 8.09. The van der Waals surface area contributed by atoms with Gasteiger partial charge in [-0.2, -0.15) is 0 Å². The molecule has 0 bridgehead atoms. The Balaban J connectivity index is 1.65. The molecule has 0 amide bonds. The average molecular weight is 286 g/mol. The number of hydrogen-bond acceptors (Lipinski definition) is 4. The maximum atomic E-state index is 5.79. The zero-order valence-electron chi connectivity index (χ0n) is 12.3. The van der Waals surface area contributed by atoms with Crippen LogP contribution in [0, 0.1) is 0 Å². The molecule has 2 unspecified atom stereocenters. The van der Waals surface area contributed by atoms with Gasteiger partial charge in [0.1, 0.15) is 11.3 Å². The van der Waals surface area contributed by atoms with Crippen molar-refractivity contribution in [2.75, 3.05) is 13.2 Å². The molecule has 2 fully saturated rings. The van der Waals surface area contributed by atoms with Crippen LogP contribution in [0.25, 0.3) is 11.2 Å². The summed E-state index contributed by atoms with van der Waals surface area (Å²) in [6.07, 6.45) is 7.93. The van der Waals surface area contributed by atoms with Gasteiger partial charge in [-0.1, -0.05) is 0 Å². The number of ether oxygens (including phenoxy) is 1. The maximum Gasteiger partial charge on any atom is 0.160 e. The van der Waals surface area contributed by atoms with E-state index in [1.54, 1.807) is 0 Å². The molecular formula is C16H22N4O. The van der Waals surface area contributed by atoms with Crippen molar-refractivity contribution >= 4 is 11.2 Å². The number of fused-ring (bicyclic) bond motifs is 1. The van der Waals surface area contributed by atoms with Gasteiger partial charge in [0.25, 0.3) is 0 Å². The number of aromatic nitrogens is 3. The molecule has 0 aliphatic carbocycles. The van der Waals surface area contributed by atoms with Crippen molar-refractivity contribution in [2.45, 2.75) is 50.8 Å². The molecule has 4 heterocycles. The third-order valence-electron chi connectivity index (χ3n) is 4.58. The third kappa shape index (κ3) is 2.68. The molecule has 5 heteroatoms. The molecule has 2 aliphatic rings. The van der Waals surface area contributed by atoms with Gasteiger partial charge in [-0.05, 0) is 44.4 Å². The van der Waals surface area contributed by atoms with Gasteiger partial charge in [0.2, 0.25) is 0 Å². The van der Waals surface area contributed by atoms with Crippen LogP contribution in [0.4, 0.5) is 0 Å². The number of nitrogens with one attached hydrogen (secondary N) is 1. The average Bonchev–Trinajstić information content (AvgIpc) is 3.23. The molecular weight excluding hydrogens is 264 g/mol. The van der Waals surface area contributed by atoms with Crippen LogP contribution in [-0.2, 0) is 17.7 Å². The smallest absolute Gasteiger partial charge is 0.160 e. The topological polar surface area (TPSA) is 52.0 Å². The highest BCUT2D eigenvalue weighted by molar-refractivity contribution is 5.71. The Morgan fingerprint density at radius 1 is 1.33 bits per heavy atom. The van der Waals surface area contributed by atoms with E-state index < -0.39 is 0 Å². The Morgan fingerprint density at radius 3 is 3.14 bits per heavy atom. The molecule has 0 spiro atoms. The lowest BCUT2D eigenvalue weighted by Gasteiger charge is -2.16. The highest BCUT2D eigenvalue weighted by atomic mass is 16.5. The van der Waals surface area contributed by atoms with E-state index in [0.29, 0.717) is 12.1 Å². The molecule has 0 saturated carbocycles. The summed E-state index contributed by atoms with van der Waals surface area (Å²) in [5.74, 6) is 1.13. The SMILES string of the molecule is c1cnc2c(c1)nc(CC1CCCO1)n2CC1CCCN1. The molecule has 21 heavy (non-hydrogen) atoms. The highest BCUT2D eigenvalue weighted by Crippen LogP contribution is 2.21. The largest absolute Gasteiger partial charge is 0.378 e. The van der Waals surface area contributed by atoms with Gasteiger partial charge < -0.3 is 14.6 Å². The zero-order chi connectivity index (χ0) is 14.1. The second-order valence-corrected chi connectivity index (χ2v) is 6.12. The van der Waals surface area contributed by atoms with Gasteiger partial charge in [-0.15, -0.1) is 0 Å². The van der Waals surface area contributed by atoms with Crippen LogP contribution >= 0.6 is 0 Å². The van der Waals surface area contributed by atoms with Crippen molar-refractivity contribution in [3.8, 4) is 0 Å². The van der Waals surface area contributed by atoms with Crippen LogP contribution in [0.2, 0.25) is 0 Å². The molecule has 2 aromatic heterocycles. The first kappa shape index (κ1) is 13.2. The molecule has 2 aliphatic heterocycles. The molecule has 2 saturated heterocycles. The highest BCUT2D eigenvalue weighted by Gasteiger charge is 2.23. The monoisotopic (exact) mass is 286 g/mol. The van der Waals surface area contributed by atoms with E-state index in [2.05, 4.69) is 20.9 Å². The quantitative estimate of drug-likeness (QED) is 0.933. The Bertz CT molecular complexity index is 612. The molecule has 112 valence electrons. The Hall–Kier alpha value is -1.46. The molecule has 4 rings (SSSR count). The van der Waals surface area contributed by atoms with Crippen molar-refractivity contribution in [2.24, 2.45) is 0 Å². The molecule has 0 radical (unpaired) electrons. The summed E-state index contributed by atoms with van der Waals surface area (Å²) in [5, 5.41) is 3.57. The third-order valence-corrected chi connectivity index (χ3v) is 4.58. The standard InChI is InChI=1S/C16H22N4O/c1-4-12(17-7-1)11-20-15(10-13-5-3-9-21-13)19-14-6-2-8-18-16(14)20/h2,6,8,12-13,17H,1,3-5,7,9-11H2. The lowest BCUT2D eigenvalue weighted by atomic mass is 10.1. The fourth-order valence-electron chi connectivity index (χ4n) is 3.49. The molecule has 5 nitrogen and oxygen atoms in total. The van der Waals surface area contributed by atoms with Crippen LogP contribution in [0.15, 0.2) is 18.3 Å². The van der Waals surface area contributed by atoms with Crippen LogP contribution in [0.1, 0.15) is 31.5 Å². The Morgan fingerprint density at radius 2 is 2.33 bits per heavy atom. The Kier molecular flexibility index (Phi) is 3.61. The predicted octanol–water partition coefficient (Wildman–Crippen LogP) is 1.90. The van der Waals surface area contributed by atoms with Crippen molar-refractivity contribution in [1.29, 1.82) is 0 Å². The fraction of sp³-hybridized carbons (Fsp3) is 0.625. The molecule has 2 atom stereocenters. The first-order valence-corrected chi connectivity index (χ1v) is 8.05. The maximum absolute atomic E-state index is 5.79. The zero-order valence-corrected chi connectivity index (χ0v) is 12.3. The summed E-state index contributed by atoms with van der Waals surface area (Å²) in [7, 11) is 0. The van der Waals surface area contributed by atoms with Gasteiger partial charge in [0, 0.05) is 31.8 Å². The van der Waals surface area contributed by atoms with Crippen molar-refractivity contribution in [3.05, 3.63) is 24.2 Å². The predicted molar refractivity (Wildman–Crippen MR) is 81.2 cm³/mol.